The van der Waals surface area contributed by atoms with Gasteiger partial charge in [0.15, 0.2) is 5.60 Å². The average molecular weight is 282 g/mol. The van der Waals surface area contributed by atoms with Crippen molar-refractivity contribution >= 4 is 5.97 Å². The third kappa shape index (κ3) is 1.46. The van der Waals surface area contributed by atoms with E-state index in [1.807, 2.05) is 13.8 Å². The van der Waals surface area contributed by atoms with Gasteiger partial charge < -0.3 is 9.47 Å². The largest absolute Gasteiger partial charge is 0.432 e. The molecule has 7 atom stereocenters. The Morgan fingerprint density at radius 2 is 1.90 bits per heavy atom. The highest BCUT2D eigenvalue weighted by molar-refractivity contribution is 5.74. The number of ether oxygens (including phenoxy) is 2. The topological polar surface area (TPSA) is 54.0 Å². The molecule has 5 nitrogen and oxygen atoms in total. The molecule has 0 amide bonds. The Hall–Kier alpha value is -0.650. The van der Waals surface area contributed by atoms with E-state index in [9.17, 15) is 4.79 Å². The van der Waals surface area contributed by atoms with Gasteiger partial charge in [0, 0.05) is 18.3 Å². The summed E-state index contributed by atoms with van der Waals surface area (Å²) in [6.45, 7) is 6.06. The van der Waals surface area contributed by atoms with Crippen LogP contribution in [0, 0.1) is 23.7 Å². The van der Waals surface area contributed by atoms with Gasteiger partial charge in [-0.05, 0) is 32.1 Å². The lowest BCUT2D eigenvalue weighted by atomic mass is 9.58. The molecule has 5 rings (SSSR count). The van der Waals surface area contributed by atoms with E-state index in [0.717, 1.165) is 25.7 Å². The van der Waals surface area contributed by atoms with Gasteiger partial charge in [0.1, 0.15) is 0 Å². The van der Waals surface area contributed by atoms with Crippen LogP contribution in [0.5, 0.6) is 0 Å². The quantitative estimate of drug-likeness (QED) is 0.504. The van der Waals surface area contributed by atoms with E-state index in [2.05, 4.69) is 6.92 Å². The third-order valence-corrected chi connectivity index (χ3v) is 5.97. The number of rotatable bonds is 0. The molecule has 2 bridgehead atoms. The van der Waals surface area contributed by atoms with Crippen LogP contribution in [0.25, 0.3) is 0 Å². The van der Waals surface area contributed by atoms with E-state index >= 15 is 0 Å². The van der Waals surface area contributed by atoms with Crippen LogP contribution < -0.4 is 0 Å². The van der Waals surface area contributed by atoms with Crippen LogP contribution in [0.1, 0.15) is 46.5 Å². The van der Waals surface area contributed by atoms with Crippen molar-refractivity contribution in [2.24, 2.45) is 23.7 Å². The zero-order chi connectivity index (χ0) is 14.1. The van der Waals surface area contributed by atoms with E-state index in [4.69, 9.17) is 19.2 Å². The summed E-state index contributed by atoms with van der Waals surface area (Å²) >= 11 is 0. The van der Waals surface area contributed by atoms with Gasteiger partial charge >= 0.3 is 5.97 Å². The molecule has 5 aliphatic rings. The highest BCUT2D eigenvalue weighted by Crippen LogP contribution is 2.59. The van der Waals surface area contributed by atoms with Crippen molar-refractivity contribution in [3.8, 4) is 0 Å². The lowest BCUT2D eigenvalue weighted by Gasteiger charge is -2.57. The predicted octanol–water partition coefficient (Wildman–Crippen LogP) is 2.39. The maximum Gasteiger partial charge on any atom is 0.311 e. The van der Waals surface area contributed by atoms with Crippen molar-refractivity contribution in [1.82, 2.24) is 0 Å². The molecule has 1 saturated carbocycles. The van der Waals surface area contributed by atoms with Crippen molar-refractivity contribution in [2.45, 2.75) is 64.1 Å². The standard InChI is InChI=1S/C15H22O5/c1-8-4-5-11-9(2)12(16)17-13-15(11)10(8)6-7-14(3,18-13)19-20-15/h8-11,13H,4-7H2,1-3H3/t8-,9?,10?,11+,13-,14+,15-/m0/s1. The van der Waals surface area contributed by atoms with Crippen LogP contribution in [0.4, 0.5) is 0 Å². The van der Waals surface area contributed by atoms with Gasteiger partial charge in [0.05, 0.1) is 5.92 Å². The second-order valence-corrected chi connectivity index (χ2v) is 7.14. The molecule has 20 heavy (non-hydrogen) atoms. The molecule has 4 heterocycles. The first-order valence-corrected chi connectivity index (χ1v) is 7.71. The second kappa shape index (κ2) is 3.96. The first-order valence-electron chi connectivity index (χ1n) is 7.71. The maximum atomic E-state index is 12.1. The molecule has 0 aromatic heterocycles. The highest BCUT2D eigenvalue weighted by Gasteiger charge is 2.69. The Balaban J connectivity index is 1.84. The van der Waals surface area contributed by atoms with Gasteiger partial charge in [-0.15, -0.1) is 0 Å². The molecular formula is C15H22O5. The number of hydrogen-bond acceptors (Lipinski definition) is 5. The monoisotopic (exact) mass is 282 g/mol. The van der Waals surface area contributed by atoms with Crippen LogP contribution >= 0.6 is 0 Å². The molecule has 112 valence electrons. The maximum absolute atomic E-state index is 12.1. The van der Waals surface area contributed by atoms with E-state index in [0.29, 0.717) is 11.8 Å². The number of fused-ring (bicyclic) bond motifs is 2. The van der Waals surface area contributed by atoms with Gasteiger partial charge in [-0.1, -0.05) is 13.8 Å². The number of carbonyl (C=O) groups is 1. The lowest BCUT2D eigenvalue weighted by Crippen LogP contribution is -2.69. The molecule has 5 fully saturated rings. The minimum atomic E-state index is -0.793. The number of carbonyl (C=O) groups excluding carboxylic acids is 1. The zero-order valence-corrected chi connectivity index (χ0v) is 12.3. The van der Waals surface area contributed by atoms with Crippen LogP contribution in [0.15, 0.2) is 0 Å². The van der Waals surface area contributed by atoms with E-state index in [-0.39, 0.29) is 17.8 Å². The van der Waals surface area contributed by atoms with Crippen molar-refractivity contribution in [1.29, 1.82) is 0 Å². The second-order valence-electron chi connectivity index (χ2n) is 7.14. The summed E-state index contributed by atoms with van der Waals surface area (Å²) in [7, 11) is 0. The highest BCUT2D eigenvalue weighted by atomic mass is 17.3. The summed E-state index contributed by atoms with van der Waals surface area (Å²) in [6, 6.07) is 0. The fourth-order valence-corrected chi connectivity index (χ4v) is 4.76. The molecule has 2 unspecified atom stereocenters. The Morgan fingerprint density at radius 3 is 2.70 bits per heavy atom. The summed E-state index contributed by atoms with van der Waals surface area (Å²) in [4.78, 5) is 23.7. The van der Waals surface area contributed by atoms with Crippen molar-refractivity contribution in [2.75, 3.05) is 0 Å². The van der Waals surface area contributed by atoms with E-state index in [1.165, 1.54) is 0 Å². The minimum Gasteiger partial charge on any atom is -0.432 e. The first-order chi connectivity index (χ1) is 9.46. The molecule has 0 aromatic rings. The Bertz CT molecular complexity index is 452. The van der Waals surface area contributed by atoms with Gasteiger partial charge in [0.2, 0.25) is 12.1 Å². The number of esters is 1. The Kier molecular flexibility index (Phi) is 2.58. The van der Waals surface area contributed by atoms with Crippen LogP contribution in [0.3, 0.4) is 0 Å². The molecule has 1 spiro atoms. The smallest absolute Gasteiger partial charge is 0.311 e. The Morgan fingerprint density at radius 1 is 1.10 bits per heavy atom. The van der Waals surface area contributed by atoms with E-state index in [1.54, 1.807) is 0 Å². The van der Waals surface area contributed by atoms with E-state index < -0.39 is 17.7 Å². The van der Waals surface area contributed by atoms with Crippen LogP contribution in [-0.2, 0) is 24.0 Å². The number of hydrogen-bond donors (Lipinski definition) is 0. The Labute approximate surface area is 118 Å². The summed E-state index contributed by atoms with van der Waals surface area (Å²) in [5.41, 5.74) is -0.610. The first kappa shape index (κ1) is 13.0. The summed E-state index contributed by atoms with van der Waals surface area (Å²) in [5, 5.41) is 0. The third-order valence-electron chi connectivity index (χ3n) is 5.97. The van der Waals surface area contributed by atoms with Crippen molar-refractivity contribution < 1.29 is 24.0 Å². The average Bonchev–Trinajstić information content (AvgIpc) is 2.63. The minimum absolute atomic E-state index is 0.123. The van der Waals surface area contributed by atoms with Gasteiger partial charge in [-0.3, -0.25) is 4.79 Å². The molecule has 4 saturated heterocycles. The van der Waals surface area contributed by atoms with Gasteiger partial charge in [-0.25, -0.2) is 9.78 Å². The predicted molar refractivity (Wildman–Crippen MR) is 68.0 cm³/mol. The lowest BCUT2D eigenvalue weighted by molar-refractivity contribution is -0.559. The van der Waals surface area contributed by atoms with Crippen molar-refractivity contribution in [3.63, 3.8) is 0 Å². The molecule has 5 heteroatoms. The fourth-order valence-electron chi connectivity index (χ4n) is 4.76. The van der Waals surface area contributed by atoms with Crippen molar-refractivity contribution in [3.05, 3.63) is 0 Å². The summed E-state index contributed by atoms with van der Waals surface area (Å²) < 4.78 is 11.6. The van der Waals surface area contributed by atoms with Crippen LogP contribution in [0.2, 0.25) is 0 Å². The molecule has 0 N–H and O–H groups in total. The molecule has 1 aliphatic carbocycles. The normalized spacial score (nSPS) is 57.8. The molecular weight excluding hydrogens is 260 g/mol. The fraction of sp³-hybridized carbons (Fsp3) is 0.933. The van der Waals surface area contributed by atoms with Gasteiger partial charge in [-0.2, -0.15) is 0 Å². The summed E-state index contributed by atoms with van der Waals surface area (Å²) in [5.74, 6) is -0.137. The molecule has 0 aromatic carbocycles. The molecule has 4 aliphatic heterocycles. The zero-order valence-electron chi connectivity index (χ0n) is 12.3. The molecule has 0 radical (unpaired) electrons. The summed E-state index contributed by atoms with van der Waals surface area (Å²) in [6.07, 6.45) is 3.24. The van der Waals surface area contributed by atoms with Crippen LogP contribution in [-0.4, -0.2) is 23.6 Å². The van der Waals surface area contributed by atoms with Gasteiger partial charge in [0.25, 0.3) is 0 Å². The SMILES string of the molecule is CC1C(=O)O[C@H]2O[C@@]3(C)CCC4[C@@H](C)CC[C@H]1[C@@]42OO3.